The van der Waals surface area contributed by atoms with E-state index in [4.69, 9.17) is 5.84 Å². The first-order valence-corrected chi connectivity index (χ1v) is 6.37. The molecule has 1 aromatic rings. The summed E-state index contributed by atoms with van der Waals surface area (Å²) in [6.07, 6.45) is 4.13. The van der Waals surface area contributed by atoms with Gasteiger partial charge in [-0.3, -0.25) is 15.0 Å². The minimum atomic E-state index is -0.638. The number of amides is 3. The fourth-order valence-electron chi connectivity index (χ4n) is 2.69. The maximum atomic E-state index is 12.4. The molecule has 0 unspecified atom stereocenters. The van der Waals surface area contributed by atoms with Crippen molar-refractivity contribution in [1.29, 1.82) is 0 Å². The number of aromatic nitrogens is 1. The first kappa shape index (κ1) is 12.8. The predicted molar refractivity (Wildman–Crippen MR) is 68.4 cm³/mol. The molecule has 2 fully saturated rings. The fourth-order valence-corrected chi connectivity index (χ4v) is 2.69. The van der Waals surface area contributed by atoms with Gasteiger partial charge in [0.15, 0.2) is 0 Å². The maximum Gasteiger partial charge on any atom is 0.344 e. The summed E-state index contributed by atoms with van der Waals surface area (Å²) in [4.78, 5) is 29.5. The molecule has 2 saturated heterocycles. The Morgan fingerprint density at radius 2 is 2.30 bits per heavy atom. The number of piperidine rings is 1. The van der Waals surface area contributed by atoms with Crippen LogP contribution in [0.15, 0.2) is 24.5 Å². The van der Waals surface area contributed by atoms with E-state index in [-0.39, 0.29) is 11.9 Å². The molecule has 3 heterocycles. The van der Waals surface area contributed by atoms with E-state index in [2.05, 4.69) is 4.98 Å². The molecule has 106 valence electrons. The fraction of sp³-hybridized carbons (Fsp3) is 0.417. The number of anilines is 1. The van der Waals surface area contributed by atoms with Crippen molar-refractivity contribution < 1.29 is 14.8 Å². The van der Waals surface area contributed by atoms with Gasteiger partial charge in [0.1, 0.15) is 6.04 Å². The molecule has 2 atom stereocenters. The maximum absolute atomic E-state index is 12.4. The van der Waals surface area contributed by atoms with Crippen LogP contribution in [0.2, 0.25) is 0 Å². The SMILES string of the molecule is NN(C(=O)[C@@H]1CC[C@@H]2CN1C(=O)N2O)c1cccnc1. The number of hydrogen-bond donors (Lipinski definition) is 2. The number of fused-ring (bicyclic) bond motifs is 2. The Morgan fingerprint density at radius 1 is 1.50 bits per heavy atom. The Bertz CT molecular complexity index is 537. The molecule has 3 rings (SSSR count). The van der Waals surface area contributed by atoms with Crippen molar-refractivity contribution in [2.24, 2.45) is 5.84 Å². The second kappa shape index (κ2) is 4.73. The lowest BCUT2D eigenvalue weighted by Crippen LogP contribution is -2.53. The van der Waals surface area contributed by atoms with Crippen LogP contribution in [0.25, 0.3) is 0 Å². The highest BCUT2D eigenvalue weighted by atomic mass is 16.5. The Balaban J connectivity index is 1.79. The molecule has 2 bridgehead atoms. The van der Waals surface area contributed by atoms with Gasteiger partial charge >= 0.3 is 6.03 Å². The number of hydroxylamine groups is 2. The second-order valence-electron chi connectivity index (χ2n) is 4.95. The number of pyridine rings is 1. The molecule has 0 saturated carbocycles. The van der Waals surface area contributed by atoms with Crippen LogP contribution in [0.1, 0.15) is 12.8 Å². The third-order valence-electron chi connectivity index (χ3n) is 3.79. The molecule has 3 amide bonds. The van der Waals surface area contributed by atoms with E-state index in [9.17, 15) is 14.8 Å². The molecule has 0 aromatic carbocycles. The van der Waals surface area contributed by atoms with Gasteiger partial charge < -0.3 is 4.90 Å². The van der Waals surface area contributed by atoms with E-state index in [1.807, 2.05) is 0 Å². The summed E-state index contributed by atoms with van der Waals surface area (Å²) in [6, 6.07) is 1.94. The number of hydrazine groups is 1. The van der Waals surface area contributed by atoms with E-state index in [0.717, 1.165) is 5.01 Å². The van der Waals surface area contributed by atoms with E-state index in [1.165, 1.54) is 11.1 Å². The predicted octanol–water partition coefficient (Wildman–Crippen LogP) is -0.0539. The van der Waals surface area contributed by atoms with Crippen LogP contribution in [-0.2, 0) is 4.79 Å². The molecule has 8 heteroatoms. The number of nitrogens with two attached hydrogens (primary N) is 1. The van der Waals surface area contributed by atoms with Crippen LogP contribution < -0.4 is 10.9 Å². The smallest absolute Gasteiger partial charge is 0.309 e. The average Bonchev–Trinajstić information content (AvgIpc) is 2.72. The molecule has 1 aromatic heterocycles. The van der Waals surface area contributed by atoms with Gasteiger partial charge in [-0.1, -0.05) is 0 Å². The molecular formula is C12H15N5O3. The molecule has 2 aliphatic rings. The summed E-state index contributed by atoms with van der Waals surface area (Å²) in [5.41, 5.74) is 0.465. The van der Waals surface area contributed by atoms with Crippen molar-refractivity contribution in [1.82, 2.24) is 14.9 Å². The average molecular weight is 277 g/mol. The number of carbonyl (C=O) groups excluding carboxylic acids is 2. The Kier molecular flexibility index (Phi) is 3.03. The Hall–Kier alpha value is -2.19. The quantitative estimate of drug-likeness (QED) is 0.341. The zero-order chi connectivity index (χ0) is 14.3. The molecule has 2 aliphatic heterocycles. The lowest BCUT2D eigenvalue weighted by atomic mass is 10.00. The second-order valence-corrected chi connectivity index (χ2v) is 4.95. The van der Waals surface area contributed by atoms with E-state index in [1.54, 1.807) is 18.3 Å². The number of urea groups is 1. The van der Waals surface area contributed by atoms with Gasteiger partial charge in [-0.05, 0) is 25.0 Å². The van der Waals surface area contributed by atoms with Gasteiger partial charge in [0.05, 0.1) is 17.9 Å². The summed E-state index contributed by atoms with van der Waals surface area (Å²) < 4.78 is 0. The Labute approximate surface area is 115 Å². The summed E-state index contributed by atoms with van der Waals surface area (Å²) in [5, 5.41) is 11.3. The molecule has 8 nitrogen and oxygen atoms in total. The number of hydrogen-bond acceptors (Lipinski definition) is 5. The van der Waals surface area contributed by atoms with Gasteiger partial charge in [0.2, 0.25) is 0 Å². The zero-order valence-electron chi connectivity index (χ0n) is 10.7. The van der Waals surface area contributed by atoms with Crippen molar-refractivity contribution >= 4 is 17.6 Å². The van der Waals surface area contributed by atoms with Crippen LogP contribution >= 0.6 is 0 Å². The number of nitrogens with zero attached hydrogens (tertiary/aromatic N) is 4. The summed E-state index contributed by atoms with van der Waals surface area (Å²) in [6.45, 7) is 0.354. The Morgan fingerprint density at radius 3 is 3.00 bits per heavy atom. The van der Waals surface area contributed by atoms with Crippen LogP contribution in [0.3, 0.4) is 0 Å². The highest BCUT2D eigenvalue weighted by Gasteiger charge is 2.47. The van der Waals surface area contributed by atoms with Gasteiger partial charge in [-0.2, -0.15) is 0 Å². The molecule has 0 aliphatic carbocycles. The summed E-state index contributed by atoms with van der Waals surface area (Å²) >= 11 is 0. The summed E-state index contributed by atoms with van der Waals surface area (Å²) in [5.74, 6) is 5.43. The van der Waals surface area contributed by atoms with Crippen molar-refractivity contribution in [3.63, 3.8) is 0 Å². The molecule has 20 heavy (non-hydrogen) atoms. The first-order valence-electron chi connectivity index (χ1n) is 6.37. The van der Waals surface area contributed by atoms with Crippen LogP contribution in [0.4, 0.5) is 10.5 Å². The zero-order valence-corrected chi connectivity index (χ0v) is 10.7. The van der Waals surface area contributed by atoms with Crippen LogP contribution in [-0.4, -0.2) is 50.7 Å². The van der Waals surface area contributed by atoms with Gasteiger partial charge in [0.25, 0.3) is 5.91 Å². The topological polar surface area (TPSA) is 103 Å². The molecule has 0 spiro atoms. The third kappa shape index (κ3) is 1.89. The van der Waals surface area contributed by atoms with Gasteiger partial charge in [0, 0.05) is 12.7 Å². The summed E-state index contributed by atoms with van der Waals surface area (Å²) in [7, 11) is 0. The highest BCUT2D eigenvalue weighted by Crippen LogP contribution is 2.29. The van der Waals surface area contributed by atoms with E-state index in [0.29, 0.717) is 30.1 Å². The van der Waals surface area contributed by atoms with Crippen molar-refractivity contribution in [3.8, 4) is 0 Å². The van der Waals surface area contributed by atoms with Gasteiger partial charge in [-0.15, -0.1) is 0 Å². The molecule has 0 radical (unpaired) electrons. The highest BCUT2D eigenvalue weighted by molar-refractivity contribution is 5.98. The lowest BCUT2D eigenvalue weighted by molar-refractivity contribution is -0.123. The number of rotatable bonds is 2. The van der Waals surface area contributed by atoms with Crippen molar-refractivity contribution in [2.45, 2.75) is 24.9 Å². The monoisotopic (exact) mass is 277 g/mol. The van der Waals surface area contributed by atoms with E-state index >= 15 is 0 Å². The van der Waals surface area contributed by atoms with Crippen LogP contribution in [0.5, 0.6) is 0 Å². The standard InChI is InChI=1S/C12H15N5O3/c13-16(8-2-1-5-14-6-8)11(18)10-4-3-9-7-15(10)12(19)17(9)20/h1-2,5-6,9-10,20H,3-4,7,13H2/t9-,10+/m1/s1. The third-order valence-corrected chi connectivity index (χ3v) is 3.79. The largest absolute Gasteiger partial charge is 0.344 e. The minimum Gasteiger partial charge on any atom is -0.309 e. The molecule has 3 N–H and O–H groups in total. The van der Waals surface area contributed by atoms with Crippen molar-refractivity contribution in [3.05, 3.63) is 24.5 Å². The first-order chi connectivity index (χ1) is 9.59. The lowest BCUT2D eigenvalue weighted by Gasteiger charge is -2.31. The number of carbonyl (C=O) groups is 2. The van der Waals surface area contributed by atoms with Crippen LogP contribution in [0, 0.1) is 0 Å². The molecular weight excluding hydrogens is 262 g/mol. The minimum absolute atomic E-state index is 0.226. The van der Waals surface area contributed by atoms with Gasteiger partial charge in [-0.25, -0.2) is 20.7 Å². The van der Waals surface area contributed by atoms with E-state index < -0.39 is 12.1 Å². The van der Waals surface area contributed by atoms with Crippen molar-refractivity contribution in [2.75, 3.05) is 11.6 Å². The normalized spacial score (nSPS) is 25.0.